The average molecular weight is 173 g/mol. The van der Waals surface area contributed by atoms with Crippen molar-refractivity contribution in [1.82, 2.24) is 4.90 Å². The standard InChI is InChI=1S/C8H15NO3/c1-4-7(10)12-8(11)5-6-9(2)3/h5-7,10H,4H2,1-3H3. The molecule has 0 aromatic rings. The Balaban J connectivity index is 3.74. The molecule has 0 bridgehead atoms. The van der Waals surface area contributed by atoms with Gasteiger partial charge in [-0.3, -0.25) is 0 Å². The van der Waals surface area contributed by atoms with Crippen LogP contribution < -0.4 is 0 Å². The Morgan fingerprint density at radius 1 is 1.67 bits per heavy atom. The maximum Gasteiger partial charge on any atom is 0.334 e. The summed E-state index contributed by atoms with van der Waals surface area (Å²) in [5.41, 5.74) is 0. The minimum absolute atomic E-state index is 0.404. The minimum Gasteiger partial charge on any atom is -0.433 e. The summed E-state index contributed by atoms with van der Waals surface area (Å²) < 4.78 is 4.55. The zero-order chi connectivity index (χ0) is 9.56. The van der Waals surface area contributed by atoms with Crippen LogP contribution >= 0.6 is 0 Å². The smallest absolute Gasteiger partial charge is 0.334 e. The summed E-state index contributed by atoms with van der Waals surface area (Å²) in [5.74, 6) is -0.530. The van der Waals surface area contributed by atoms with Crippen LogP contribution in [0.3, 0.4) is 0 Å². The molecule has 0 amide bonds. The summed E-state index contributed by atoms with van der Waals surface area (Å²) >= 11 is 0. The van der Waals surface area contributed by atoms with Crippen LogP contribution in [0.4, 0.5) is 0 Å². The normalized spacial score (nSPS) is 13.0. The monoisotopic (exact) mass is 173 g/mol. The molecule has 0 aromatic carbocycles. The lowest BCUT2D eigenvalue weighted by Crippen LogP contribution is -2.15. The molecular formula is C8H15NO3. The van der Waals surface area contributed by atoms with E-state index in [4.69, 9.17) is 5.11 Å². The van der Waals surface area contributed by atoms with Crippen molar-refractivity contribution in [2.45, 2.75) is 19.6 Å². The minimum atomic E-state index is -0.996. The third kappa shape index (κ3) is 5.73. The van der Waals surface area contributed by atoms with Crippen LogP contribution in [0.25, 0.3) is 0 Å². The Labute approximate surface area is 72.4 Å². The van der Waals surface area contributed by atoms with Crippen LogP contribution in [0, 0.1) is 0 Å². The largest absolute Gasteiger partial charge is 0.433 e. The van der Waals surface area contributed by atoms with Crippen molar-refractivity contribution < 1.29 is 14.6 Å². The highest BCUT2D eigenvalue weighted by Gasteiger charge is 2.04. The molecule has 0 rings (SSSR count). The lowest BCUT2D eigenvalue weighted by atomic mass is 10.5. The van der Waals surface area contributed by atoms with Crippen LogP contribution in [0.5, 0.6) is 0 Å². The van der Waals surface area contributed by atoms with Gasteiger partial charge in [0, 0.05) is 32.8 Å². The molecule has 0 saturated heterocycles. The molecule has 0 spiro atoms. The Hall–Kier alpha value is -1.03. The zero-order valence-electron chi connectivity index (χ0n) is 7.65. The molecule has 0 radical (unpaired) electrons. The first-order valence-corrected chi connectivity index (χ1v) is 3.79. The lowest BCUT2D eigenvalue weighted by Gasteiger charge is -2.07. The first-order valence-electron chi connectivity index (χ1n) is 3.79. The third-order valence-corrected chi connectivity index (χ3v) is 1.11. The van der Waals surface area contributed by atoms with Gasteiger partial charge in [0.2, 0.25) is 6.29 Å². The number of ether oxygens (including phenoxy) is 1. The van der Waals surface area contributed by atoms with Crippen LogP contribution in [0.15, 0.2) is 12.3 Å². The zero-order valence-corrected chi connectivity index (χ0v) is 7.65. The van der Waals surface area contributed by atoms with Crippen LogP contribution in [-0.4, -0.2) is 36.4 Å². The fourth-order valence-corrected chi connectivity index (χ4v) is 0.467. The van der Waals surface area contributed by atoms with Crippen LogP contribution in [0.1, 0.15) is 13.3 Å². The van der Waals surface area contributed by atoms with Gasteiger partial charge in [-0.15, -0.1) is 0 Å². The molecule has 1 unspecified atom stereocenters. The molecule has 0 fully saturated rings. The predicted octanol–water partition coefficient (Wildman–Crippen LogP) is 0.333. The molecule has 0 saturated carbocycles. The molecule has 0 aliphatic carbocycles. The van der Waals surface area contributed by atoms with Crippen molar-refractivity contribution in [3.05, 3.63) is 12.3 Å². The topological polar surface area (TPSA) is 49.8 Å². The number of rotatable bonds is 4. The molecule has 70 valence electrons. The molecule has 0 aliphatic heterocycles. The Morgan fingerprint density at radius 2 is 2.25 bits per heavy atom. The quantitative estimate of drug-likeness (QED) is 0.378. The fourth-order valence-electron chi connectivity index (χ4n) is 0.467. The van der Waals surface area contributed by atoms with Crippen molar-refractivity contribution in [3.63, 3.8) is 0 Å². The second kappa shape index (κ2) is 5.60. The predicted molar refractivity (Wildman–Crippen MR) is 45.2 cm³/mol. The molecule has 0 aliphatic rings. The highest BCUT2D eigenvalue weighted by atomic mass is 16.6. The van der Waals surface area contributed by atoms with Crippen molar-refractivity contribution in [2.24, 2.45) is 0 Å². The van der Waals surface area contributed by atoms with Gasteiger partial charge in [-0.1, -0.05) is 6.92 Å². The summed E-state index contributed by atoms with van der Waals surface area (Å²) in [7, 11) is 3.58. The number of nitrogens with zero attached hydrogens (tertiary/aromatic N) is 1. The Kier molecular flexibility index (Phi) is 5.12. The van der Waals surface area contributed by atoms with Crippen molar-refractivity contribution in [2.75, 3.05) is 14.1 Å². The first kappa shape index (κ1) is 11.0. The maximum atomic E-state index is 10.8. The molecule has 1 N–H and O–H groups in total. The number of carbonyl (C=O) groups excluding carboxylic acids is 1. The first-order chi connectivity index (χ1) is 5.56. The van der Waals surface area contributed by atoms with E-state index >= 15 is 0 Å². The Morgan fingerprint density at radius 3 is 2.67 bits per heavy atom. The number of aliphatic hydroxyl groups is 1. The second-order valence-electron chi connectivity index (χ2n) is 2.58. The molecule has 0 heterocycles. The van der Waals surface area contributed by atoms with E-state index in [2.05, 4.69) is 4.74 Å². The molecule has 12 heavy (non-hydrogen) atoms. The summed E-state index contributed by atoms with van der Waals surface area (Å²) in [5, 5.41) is 8.90. The van der Waals surface area contributed by atoms with E-state index in [9.17, 15) is 4.79 Å². The maximum absolute atomic E-state index is 10.8. The molecular weight excluding hydrogens is 158 g/mol. The van der Waals surface area contributed by atoms with Gasteiger partial charge in [-0.25, -0.2) is 4.79 Å². The van der Waals surface area contributed by atoms with Crippen molar-refractivity contribution in [3.8, 4) is 0 Å². The van der Waals surface area contributed by atoms with Crippen molar-refractivity contribution >= 4 is 5.97 Å². The number of esters is 1. The molecule has 1 atom stereocenters. The number of aliphatic hydroxyl groups excluding tert-OH is 1. The van der Waals surface area contributed by atoms with E-state index < -0.39 is 12.3 Å². The van der Waals surface area contributed by atoms with E-state index in [-0.39, 0.29) is 0 Å². The highest BCUT2D eigenvalue weighted by molar-refractivity contribution is 5.81. The van der Waals surface area contributed by atoms with E-state index in [1.54, 1.807) is 32.1 Å². The third-order valence-electron chi connectivity index (χ3n) is 1.11. The Bertz CT molecular complexity index is 166. The SMILES string of the molecule is CCC(O)OC(=O)C=CN(C)C. The number of hydrogen-bond acceptors (Lipinski definition) is 4. The van der Waals surface area contributed by atoms with Gasteiger partial charge in [-0.2, -0.15) is 0 Å². The van der Waals surface area contributed by atoms with E-state index in [1.165, 1.54) is 6.08 Å². The van der Waals surface area contributed by atoms with Gasteiger partial charge in [0.25, 0.3) is 0 Å². The van der Waals surface area contributed by atoms with E-state index in [0.29, 0.717) is 6.42 Å². The summed E-state index contributed by atoms with van der Waals surface area (Å²) in [6.45, 7) is 1.73. The van der Waals surface area contributed by atoms with E-state index in [1.807, 2.05) is 0 Å². The van der Waals surface area contributed by atoms with E-state index in [0.717, 1.165) is 0 Å². The molecule has 4 heteroatoms. The van der Waals surface area contributed by atoms with Crippen LogP contribution in [0.2, 0.25) is 0 Å². The van der Waals surface area contributed by atoms with Gasteiger partial charge in [0.15, 0.2) is 0 Å². The van der Waals surface area contributed by atoms with Gasteiger partial charge in [0.05, 0.1) is 0 Å². The average Bonchev–Trinajstić information content (AvgIpc) is 2.00. The van der Waals surface area contributed by atoms with Crippen molar-refractivity contribution in [1.29, 1.82) is 0 Å². The lowest BCUT2D eigenvalue weighted by molar-refractivity contribution is -0.161. The summed E-state index contributed by atoms with van der Waals surface area (Å²) in [6, 6.07) is 0. The molecule has 0 aromatic heterocycles. The number of carbonyl (C=O) groups is 1. The van der Waals surface area contributed by atoms with Gasteiger partial charge in [-0.05, 0) is 0 Å². The summed E-state index contributed by atoms with van der Waals surface area (Å²) in [6.07, 6.45) is 2.23. The fraction of sp³-hybridized carbons (Fsp3) is 0.625. The van der Waals surface area contributed by atoms with Crippen LogP contribution in [-0.2, 0) is 9.53 Å². The van der Waals surface area contributed by atoms with Gasteiger partial charge < -0.3 is 14.7 Å². The van der Waals surface area contributed by atoms with Gasteiger partial charge >= 0.3 is 5.97 Å². The second-order valence-corrected chi connectivity index (χ2v) is 2.58. The molecule has 4 nitrogen and oxygen atoms in total. The van der Waals surface area contributed by atoms with Gasteiger partial charge in [0.1, 0.15) is 0 Å². The summed E-state index contributed by atoms with van der Waals surface area (Å²) in [4.78, 5) is 12.5. The highest BCUT2D eigenvalue weighted by Crippen LogP contribution is 1.94. The number of hydrogen-bond donors (Lipinski definition) is 1.